The van der Waals surface area contributed by atoms with Crippen molar-refractivity contribution in [3.8, 4) is 0 Å². The Labute approximate surface area is 80.0 Å². The summed E-state index contributed by atoms with van der Waals surface area (Å²) in [5, 5.41) is 0. The van der Waals surface area contributed by atoms with Crippen molar-refractivity contribution in [2.45, 2.75) is 51.6 Å². The maximum atomic E-state index is 11.2. The van der Waals surface area contributed by atoms with Gasteiger partial charge in [0.05, 0.1) is 0 Å². The van der Waals surface area contributed by atoms with Gasteiger partial charge < -0.3 is 4.74 Å². The summed E-state index contributed by atoms with van der Waals surface area (Å²) in [5.74, 6) is -0.230. The molecule has 0 heterocycles. The third-order valence-electron chi connectivity index (χ3n) is 2.42. The Morgan fingerprint density at radius 2 is 1.77 bits per heavy atom. The van der Waals surface area contributed by atoms with Gasteiger partial charge in [-0.1, -0.05) is 19.4 Å². The van der Waals surface area contributed by atoms with Crippen LogP contribution in [0.25, 0.3) is 0 Å². The normalized spacial score (nSPS) is 19.2. The second kappa shape index (κ2) is 5.05. The third kappa shape index (κ3) is 3.62. The van der Waals surface area contributed by atoms with E-state index in [1.54, 1.807) is 6.92 Å². The van der Waals surface area contributed by atoms with Crippen LogP contribution >= 0.6 is 0 Å². The first-order valence-electron chi connectivity index (χ1n) is 5.06. The molecule has 0 atom stereocenters. The van der Waals surface area contributed by atoms with Crippen LogP contribution in [0.3, 0.4) is 0 Å². The summed E-state index contributed by atoms with van der Waals surface area (Å²) in [5.41, 5.74) is 0.504. The van der Waals surface area contributed by atoms with Gasteiger partial charge in [-0.25, -0.2) is 4.79 Å². The molecule has 0 unspecified atom stereocenters. The van der Waals surface area contributed by atoms with Crippen molar-refractivity contribution in [2.24, 2.45) is 0 Å². The standard InChI is InChI=1S/C11H18O2/c1-9(2)11(12)13-10-7-5-3-4-6-8-10/h10H,1,3-8H2,2H3. The molecule has 2 heteroatoms. The average molecular weight is 182 g/mol. The molecule has 0 radical (unpaired) electrons. The van der Waals surface area contributed by atoms with Crippen LogP contribution < -0.4 is 0 Å². The van der Waals surface area contributed by atoms with E-state index >= 15 is 0 Å². The SMILES string of the molecule is C=C(C)C(=O)OC1CCCCCC1. The van der Waals surface area contributed by atoms with Gasteiger partial charge in [-0.2, -0.15) is 0 Å². The van der Waals surface area contributed by atoms with Gasteiger partial charge in [0, 0.05) is 5.57 Å². The van der Waals surface area contributed by atoms with Crippen molar-refractivity contribution in [3.05, 3.63) is 12.2 Å². The smallest absolute Gasteiger partial charge is 0.333 e. The van der Waals surface area contributed by atoms with E-state index in [1.165, 1.54) is 25.7 Å². The molecule has 0 aromatic carbocycles. The predicted octanol–water partition coefficient (Wildman–Crippen LogP) is 2.83. The number of esters is 1. The zero-order valence-electron chi connectivity index (χ0n) is 8.34. The Hall–Kier alpha value is -0.790. The first-order valence-corrected chi connectivity index (χ1v) is 5.06. The highest BCUT2D eigenvalue weighted by atomic mass is 16.5. The van der Waals surface area contributed by atoms with Crippen LogP contribution in [-0.2, 0) is 9.53 Å². The molecule has 0 N–H and O–H groups in total. The number of carbonyl (C=O) groups is 1. The molecule has 1 saturated carbocycles. The van der Waals surface area contributed by atoms with E-state index in [9.17, 15) is 4.79 Å². The van der Waals surface area contributed by atoms with Gasteiger partial charge in [-0.05, 0) is 32.6 Å². The molecule has 0 aromatic heterocycles. The topological polar surface area (TPSA) is 26.3 Å². The van der Waals surface area contributed by atoms with E-state index in [-0.39, 0.29) is 12.1 Å². The molecule has 0 aromatic rings. The number of ether oxygens (including phenoxy) is 1. The van der Waals surface area contributed by atoms with Gasteiger partial charge >= 0.3 is 5.97 Å². The number of carbonyl (C=O) groups excluding carboxylic acids is 1. The summed E-state index contributed by atoms with van der Waals surface area (Å²) in [6.45, 7) is 5.26. The lowest BCUT2D eigenvalue weighted by Gasteiger charge is -2.14. The summed E-state index contributed by atoms with van der Waals surface area (Å²) in [7, 11) is 0. The lowest BCUT2D eigenvalue weighted by Crippen LogP contribution is -2.17. The summed E-state index contributed by atoms with van der Waals surface area (Å²) < 4.78 is 5.29. The third-order valence-corrected chi connectivity index (χ3v) is 2.42. The van der Waals surface area contributed by atoms with E-state index in [0.29, 0.717) is 5.57 Å². The Morgan fingerprint density at radius 3 is 2.23 bits per heavy atom. The number of hydrogen-bond donors (Lipinski definition) is 0. The molecule has 0 spiro atoms. The highest BCUT2D eigenvalue weighted by molar-refractivity contribution is 5.87. The fourth-order valence-corrected chi connectivity index (χ4v) is 1.61. The molecule has 1 rings (SSSR count). The first-order chi connectivity index (χ1) is 6.20. The summed E-state index contributed by atoms with van der Waals surface area (Å²) in [6.07, 6.45) is 7.13. The molecule has 1 aliphatic carbocycles. The molecule has 0 aliphatic heterocycles. The summed E-state index contributed by atoms with van der Waals surface area (Å²) in [6, 6.07) is 0. The van der Waals surface area contributed by atoms with Crippen LogP contribution in [-0.4, -0.2) is 12.1 Å². The molecular formula is C11H18O2. The summed E-state index contributed by atoms with van der Waals surface area (Å²) >= 11 is 0. The molecule has 0 bridgehead atoms. The van der Waals surface area contributed by atoms with Gasteiger partial charge in [0.15, 0.2) is 0 Å². The van der Waals surface area contributed by atoms with Crippen LogP contribution in [0, 0.1) is 0 Å². The Kier molecular flexibility index (Phi) is 4.00. The molecule has 0 amide bonds. The fourth-order valence-electron chi connectivity index (χ4n) is 1.61. The Balaban J connectivity index is 2.33. The van der Waals surface area contributed by atoms with E-state index in [2.05, 4.69) is 6.58 Å². The minimum atomic E-state index is -0.230. The Morgan fingerprint density at radius 1 is 1.23 bits per heavy atom. The summed E-state index contributed by atoms with van der Waals surface area (Å²) in [4.78, 5) is 11.2. The fraction of sp³-hybridized carbons (Fsp3) is 0.727. The van der Waals surface area contributed by atoms with Crippen molar-refractivity contribution < 1.29 is 9.53 Å². The monoisotopic (exact) mass is 182 g/mol. The van der Waals surface area contributed by atoms with Crippen molar-refractivity contribution >= 4 is 5.97 Å². The molecule has 74 valence electrons. The molecule has 0 saturated heterocycles. The van der Waals surface area contributed by atoms with Crippen LogP contribution in [0.2, 0.25) is 0 Å². The predicted molar refractivity (Wildman–Crippen MR) is 52.4 cm³/mol. The van der Waals surface area contributed by atoms with Gasteiger partial charge in [-0.15, -0.1) is 0 Å². The molecule has 1 aliphatic rings. The Bertz CT molecular complexity index is 188. The zero-order chi connectivity index (χ0) is 9.68. The van der Waals surface area contributed by atoms with Crippen molar-refractivity contribution in [3.63, 3.8) is 0 Å². The average Bonchev–Trinajstić information content (AvgIpc) is 2.32. The van der Waals surface area contributed by atoms with Crippen LogP contribution in [0.1, 0.15) is 45.4 Å². The minimum Gasteiger partial charge on any atom is -0.459 e. The van der Waals surface area contributed by atoms with E-state index in [1.807, 2.05) is 0 Å². The van der Waals surface area contributed by atoms with Crippen molar-refractivity contribution in [1.29, 1.82) is 0 Å². The molecule has 1 fully saturated rings. The lowest BCUT2D eigenvalue weighted by molar-refractivity contribution is -0.144. The second-order valence-corrected chi connectivity index (χ2v) is 3.80. The zero-order valence-corrected chi connectivity index (χ0v) is 8.34. The second-order valence-electron chi connectivity index (χ2n) is 3.80. The van der Waals surface area contributed by atoms with Crippen molar-refractivity contribution in [1.82, 2.24) is 0 Å². The number of rotatable bonds is 2. The van der Waals surface area contributed by atoms with Gasteiger partial charge in [0.25, 0.3) is 0 Å². The molecule has 2 nitrogen and oxygen atoms in total. The highest BCUT2D eigenvalue weighted by Crippen LogP contribution is 2.20. The highest BCUT2D eigenvalue weighted by Gasteiger charge is 2.16. The van der Waals surface area contributed by atoms with Gasteiger partial charge in [0.1, 0.15) is 6.10 Å². The van der Waals surface area contributed by atoms with Crippen LogP contribution in [0.15, 0.2) is 12.2 Å². The number of hydrogen-bond acceptors (Lipinski definition) is 2. The minimum absolute atomic E-state index is 0.145. The quantitative estimate of drug-likeness (QED) is 0.373. The molecule has 13 heavy (non-hydrogen) atoms. The van der Waals surface area contributed by atoms with Crippen LogP contribution in [0.4, 0.5) is 0 Å². The van der Waals surface area contributed by atoms with E-state index in [0.717, 1.165) is 12.8 Å². The largest absolute Gasteiger partial charge is 0.459 e. The van der Waals surface area contributed by atoms with E-state index in [4.69, 9.17) is 4.74 Å². The van der Waals surface area contributed by atoms with E-state index < -0.39 is 0 Å². The lowest BCUT2D eigenvalue weighted by atomic mass is 10.1. The molecular weight excluding hydrogens is 164 g/mol. The van der Waals surface area contributed by atoms with Gasteiger partial charge in [-0.3, -0.25) is 0 Å². The van der Waals surface area contributed by atoms with Crippen LogP contribution in [0.5, 0.6) is 0 Å². The van der Waals surface area contributed by atoms with Crippen molar-refractivity contribution in [2.75, 3.05) is 0 Å². The first kappa shape index (κ1) is 10.3. The maximum absolute atomic E-state index is 11.2. The van der Waals surface area contributed by atoms with Gasteiger partial charge in [0.2, 0.25) is 0 Å². The maximum Gasteiger partial charge on any atom is 0.333 e.